The molecule has 2 aliphatic rings. The van der Waals surface area contributed by atoms with Gasteiger partial charge in [0, 0.05) is 17.7 Å². The van der Waals surface area contributed by atoms with E-state index in [1.54, 1.807) is 28.0 Å². The van der Waals surface area contributed by atoms with Crippen molar-refractivity contribution < 1.29 is 4.79 Å². The highest BCUT2D eigenvalue weighted by atomic mass is 32.2. The van der Waals surface area contributed by atoms with Crippen LogP contribution in [0.25, 0.3) is 0 Å². The van der Waals surface area contributed by atoms with E-state index in [-0.39, 0.29) is 5.78 Å². The van der Waals surface area contributed by atoms with E-state index in [2.05, 4.69) is 23.2 Å². The summed E-state index contributed by atoms with van der Waals surface area (Å²) in [7, 11) is 0. The minimum absolute atomic E-state index is 0.0924. The molecule has 1 unspecified atom stereocenters. The third kappa shape index (κ3) is 3.50. The molecule has 0 spiro atoms. The molecule has 29 heavy (non-hydrogen) atoms. The fourth-order valence-corrected chi connectivity index (χ4v) is 7.13. The molecule has 2 aromatic heterocycles. The molecule has 4 rings (SSSR count). The number of hydrogen-bond donors (Lipinski definition) is 1. The van der Waals surface area contributed by atoms with E-state index < -0.39 is 5.92 Å². The van der Waals surface area contributed by atoms with Crippen LogP contribution in [-0.2, 0) is 4.79 Å². The van der Waals surface area contributed by atoms with Gasteiger partial charge in [0.05, 0.1) is 21.8 Å². The molecule has 150 valence electrons. The molecule has 1 atom stereocenters. The number of nitriles is 1. The number of carbonyl (C=O) groups is 1. The summed E-state index contributed by atoms with van der Waals surface area (Å²) >= 11 is 6.31. The Morgan fingerprint density at radius 1 is 1.41 bits per heavy atom. The predicted octanol–water partition coefficient (Wildman–Crippen LogP) is 4.74. The lowest BCUT2D eigenvalue weighted by atomic mass is 9.76. The van der Waals surface area contributed by atoms with Gasteiger partial charge in [-0.25, -0.2) is 0 Å². The average Bonchev–Trinajstić information content (AvgIpc) is 3.37. The SMILES string of the molecule is CCSc1sccc1C1C(C#N)=C(N)N(c2nnc(SC)s2)C2=C1C(=O)CCC2. The second kappa shape index (κ2) is 8.52. The largest absolute Gasteiger partial charge is 0.384 e. The van der Waals surface area contributed by atoms with Crippen LogP contribution in [0.1, 0.15) is 37.7 Å². The van der Waals surface area contributed by atoms with E-state index in [9.17, 15) is 10.1 Å². The fraction of sp³-hybridized carbons (Fsp3) is 0.368. The van der Waals surface area contributed by atoms with Crippen molar-refractivity contribution in [1.82, 2.24) is 10.2 Å². The van der Waals surface area contributed by atoms with Crippen molar-refractivity contribution in [3.8, 4) is 6.07 Å². The first-order valence-electron chi connectivity index (χ1n) is 9.14. The van der Waals surface area contributed by atoms with Crippen molar-refractivity contribution in [3.63, 3.8) is 0 Å². The molecular formula is C19H19N5OS4. The molecule has 0 amide bonds. The fourth-order valence-electron chi connectivity index (χ4n) is 3.76. The number of allylic oxidation sites excluding steroid dienone is 3. The highest BCUT2D eigenvalue weighted by molar-refractivity contribution is 8.01. The molecule has 1 aliphatic carbocycles. The maximum Gasteiger partial charge on any atom is 0.219 e. The Balaban J connectivity index is 1.93. The van der Waals surface area contributed by atoms with Crippen molar-refractivity contribution in [1.29, 1.82) is 5.26 Å². The zero-order valence-electron chi connectivity index (χ0n) is 16.0. The number of Topliss-reactive ketones (excluding diaryl/α,β-unsaturated/α-hetero) is 1. The number of aromatic nitrogens is 2. The van der Waals surface area contributed by atoms with Gasteiger partial charge in [0.15, 0.2) is 10.1 Å². The zero-order chi connectivity index (χ0) is 20.5. The highest BCUT2D eigenvalue weighted by Gasteiger charge is 2.42. The lowest BCUT2D eigenvalue weighted by molar-refractivity contribution is -0.116. The molecular weight excluding hydrogens is 443 g/mol. The summed E-state index contributed by atoms with van der Waals surface area (Å²) in [6.45, 7) is 2.10. The molecule has 2 aromatic rings. The van der Waals surface area contributed by atoms with Crippen molar-refractivity contribution in [3.05, 3.63) is 39.7 Å². The Kier molecular flexibility index (Phi) is 6.01. The maximum atomic E-state index is 13.1. The zero-order valence-corrected chi connectivity index (χ0v) is 19.2. The number of rotatable bonds is 5. The third-order valence-electron chi connectivity index (χ3n) is 4.92. The Morgan fingerprint density at radius 3 is 2.93 bits per heavy atom. The number of hydrogen-bond acceptors (Lipinski definition) is 10. The molecule has 6 nitrogen and oxygen atoms in total. The van der Waals surface area contributed by atoms with Crippen LogP contribution in [0.5, 0.6) is 0 Å². The number of ketones is 1. The van der Waals surface area contributed by atoms with Gasteiger partial charge in [0.2, 0.25) is 5.13 Å². The van der Waals surface area contributed by atoms with Crippen molar-refractivity contribution in [2.45, 2.75) is 40.7 Å². The van der Waals surface area contributed by atoms with Crippen LogP contribution < -0.4 is 10.6 Å². The van der Waals surface area contributed by atoms with Crippen molar-refractivity contribution in [2.75, 3.05) is 16.9 Å². The first-order chi connectivity index (χ1) is 14.1. The third-order valence-corrected chi connectivity index (χ3v) is 8.95. The van der Waals surface area contributed by atoms with E-state index in [1.165, 1.54) is 23.1 Å². The second-order valence-corrected chi connectivity index (χ2v) is 10.9. The summed E-state index contributed by atoms with van der Waals surface area (Å²) < 4.78 is 1.95. The van der Waals surface area contributed by atoms with Gasteiger partial charge in [0.25, 0.3) is 0 Å². The van der Waals surface area contributed by atoms with E-state index in [0.717, 1.165) is 38.4 Å². The molecule has 1 aliphatic heterocycles. The number of carbonyl (C=O) groups excluding carboxylic acids is 1. The van der Waals surface area contributed by atoms with Gasteiger partial charge in [0.1, 0.15) is 5.82 Å². The van der Waals surface area contributed by atoms with Crippen LogP contribution in [0.15, 0.2) is 42.7 Å². The monoisotopic (exact) mass is 461 g/mol. The summed E-state index contributed by atoms with van der Waals surface area (Å²) in [5.74, 6) is 0.964. The minimum Gasteiger partial charge on any atom is -0.384 e. The number of thiophene rings is 1. The number of nitrogens with zero attached hydrogens (tertiary/aromatic N) is 4. The molecule has 0 fully saturated rings. The quantitative estimate of drug-likeness (QED) is 0.638. The van der Waals surface area contributed by atoms with Crippen LogP contribution in [0.3, 0.4) is 0 Å². The second-order valence-electron chi connectivity index (χ2n) is 6.47. The standard InChI is InChI=1S/C19H19N5OS4/c1-3-27-17-10(7-8-28-17)14-11(9-20)16(21)24(18-22-23-19(26-2)29-18)12-5-4-6-13(25)15(12)14/h7-8,14H,3-6,21H2,1-2H3. The van der Waals surface area contributed by atoms with Crippen LogP contribution in [0.4, 0.5) is 5.13 Å². The first-order valence-corrected chi connectivity index (χ1v) is 13.0. The van der Waals surface area contributed by atoms with Crippen molar-refractivity contribution in [2.24, 2.45) is 5.73 Å². The topological polar surface area (TPSA) is 95.9 Å². The lowest BCUT2D eigenvalue weighted by Gasteiger charge is -2.38. The average molecular weight is 462 g/mol. The Bertz CT molecular complexity index is 1060. The van der Waals surface area contributed by atoms with Gasteiger partial charge in [-0.15, -0.1) is 33.3 Å². The molecule has 3 heterocycles. The van der Waals surface area contributed by atoms with Crippen LogP contribution in [0, 0.1) is 11.3 Å². The van der Waals surface area contributed by atoms with Crippen LogP contribution in [-0.4, -0.2) is 28.0 Å². The lowest BCUT2D eigenvalue weighted by Crippen LogP contribution is -2.38. The van der Waals surface area contributed by atoms with Gasteiger partial charge in [-0.3, -0.25) is 9.69 Å². The smallest absolute Gasteiger partial charge is 0.219 e. The van der Waals surface area contributed by atoms with Gasteiger partial charge in [-0.2, -0.15) is 5.26 Å². The van der Waals surface area contributed by atoms with Gasteiger partial charge in [-0.05, 0) is 41.9 Å². The maximum absolute atomic E-state index is 13.1. The Labute approximate surface area is 185 Å². The van der Waals surface area contributed by atoms with E-state index in [0.29, 0.717) is 28.5 Å². The Hall–Kier alpha value is -1.80. The molecule has 10 heteroatoms. The molecule has 2 N–H and O–H groups in total. The number of nitrogens with two attached hydrogens (primary N) is 1. The predicted molar refractivity (Wildman–Crippen MR) is 120 cm³/mol. The summed E-state index contributed by atoms with van der Waals surface area (Å²) in [6.07, 6.45) is 3.93. The van der Waals surface area contributed by atoms with E-state index in [1.807, 2.05) is 17.7 Å². The van der Waals surface area contributed by atoms with Gasteiger partial charge in [-0.1, -0.05) is 30.0 Å². The molecule has 0 radical (unpaired) electrons. The summed E-state index contributed by atoms with van der Waals surface area (Å²) in [5.41, 5.74) is 9.53. The molecule has 0 bridgehead atoms. The highest BCUT2D eigenvalue weighted by Crippen LogP contribution is 2.49. The summed E-state index contributed by atoms with van der Waals surface area (Å²) in [5, 5.41) is 21.1. The van der Waals surface area contributed by atoms with Crippen LogP contribution >= 0.6 is 46.2 Å². The van der Waals surface area contributed by atoms with Crippen LogP contribution in [0.2, 0.25) is 0 Å². The Morgan fingerprint density at radius 2 is 2.24 bits per heavy atom. The number of thioether (sulfide) groups is 2. The summed E-state index contributed by atoms with van der Waals surface area (Å²) in [4.78, 5) is 14.9. The molecule has 0 saturated carbocycles. The minimum atomic E-state index is -0.410. The normalized spacial score (nSPS) is 19.6. The number of anilines is 1. The van der Waals surface area contributed by atoms with Gasteiger partial charge < -0.3 is 5.73 Å². The van der Waals surface area contributed by atoms with E-state index >= 15 is 0 Å². The summed E-state index contributed by atoms with van der Waals surface area (Å²) in [6, 6.07) is 4.33. The van der Waals surface area contributed by atoms with E-state index in [4.69, 9.17) is 5.73 Å². The van der Waals surface area contributed by atoms with Gasteiger partial charge >= 0.3 is 0 Å². The molecule has 0 saturated heterocycles. The molecule has 0 aromatic carbocycles. The first kappa shape index (κ1) is 20.5. The van der Waals surface area contributed by atoms with Crippen molar-refractivity contribution >= 4 is 57.1 Å².